The minimum Gasteiger partial charge on any atom is -0.317 e. The molecule has 1 heteroatoms. The van der Waals surface area contributed by atoms with Gasteiger partial charge in [-0.05, 0) is 68.9 Å². The highest BCUT2D eigenvalue weighted by molar-refractivity contribution is 4.89. The molecule has 1 spiro atoms. The first kappa shape index (κ1) is 11.4. The summed E-state index contributed by atoms with van der Waals surface area (Å²) in [4.78, 5) is 0. The average Bonchev–Trinajstić information content (AvgIpc) is 2.30. The van der Waals surface area contributed by atoms with Gasteiger partial charge in [0, 0.05) is 0 Å². The molecule has 88 valence electrons. The lowest BCUT2D eigenvalue weighted by atomic mass is 9.63. The van der Waals surface area contributed by atoms with Crippen LogP contribution < -0.4 is 5.32 Å². The first-order chi connectivity index (χ1) is 7.26. The van der Waals surface area contributed by atoms with Crippen LogP contribution in [0, 0.1) is 17.3 Å². The van der Waals surface area contributed by atoms with E-state index >= 15 is 0 Å². The van der Waals surface area contributed by atoms with E-state index in [2.05, 4.69) is 19.2 Å². The molecule has 0 amide bonds. The number of hydrogen-bond donors (Lipinski definition) is 1. The first-order valence-electron chi connectivity index (χ1n) is 6.96. The second-order valence-corrected chi connectivity index (χ2v) is 5.97. The molecule has 1 saturated carbocycles. The second kappa shape index (κ2) is 4.86. The first-order valence-corrected chi connectivity index (χ1v) is 6.96. The third kappa shape index (κ3) is 2.55. The smallest absolute Gasteiger partial charge is 0.00436 e. The van der Waals surface area contributed by atoms with Crippen molar-refractivity contribution in [3.05, 3.63) is 0 Å². The standard InChI is InChI=1S/C14H27N/c1-3-12(2)13-4-6-14(7-5-13)8-10-15-11-9-14/h12-13,15H,3-11H2,1-2H3. The lowest BCUT2D eigenvalue weighted by molar-refractivity contribution is 0.0861. The van der Waals surface area contributed by atoms with Gasteiger partial charge in [0.2, 0.25) is 0 Å². The van der Waals surface area contributed by atoms with Crippen LogP contribution in [0.3, 0.4) is 0 Å². The summed E-state index contributed by atoms with van der Waals surface area (Å²) in [5, 5.41) is 3.50. The Hall–Kier alpha value is -0.0400. The molecule has 2 rings (SSSR count). The van der Waals surface area contributed by atoms with Crippen LogP contribution in [0.25, 0.3) is 0 Å². The maximum absolute atomic E-state index is 3.50. The molecule has 0 aromatic carbocycles. The molecule has 1 atom stereocenters. The summed E-state index contributed by atoms with van der Waals surface area (Å²) >= 11 is 0. The Labute approximate surface area is 95.0 Å². The molecule has 1 nitrogen and oxygen atoms in total. The highest BCUT2D eigenvalue weighted by Crippen LogP contribution is 2.46. The van der Waals surface area contributed by atoms with Gasteiger partial charge in [0.15, 0.2) is 0 Å². The predicted octanol–water partition coefficient (Wildman–Crippen LogP) is 3.59. The zero-order valence-electron chi connectivity index (χ0n) is 10.5. The van der Waals surface area contributed by atoms with E-state index in [-0.39, 0.29) is 0 Å². The summed E-state index contributed by atoms with van der Waals surface area (Å²) in [6, 6.07) is 0. The van der Waals surface area contributed by atoms with E-state index in [1.54, 1.807) is 0 Å². The predicted molar refractivity (Wildman–Crippen MR) is 65.9 cm³/mol. The van der Waals surface area contributed by atoms with Gasteiger partial charge in [0.25, 0.3) is 0 Å². The highest BCUT2D eigenvalue weighted by atomic mass is 14.9. The largest absolute Gasteiger partial charge is 0.317 e. The van der Waals surface area contributed by atoms with Gasteiger partial charge in [-0.1, -0.05) is 20.3 Å². The zero-order valence-corrected chi connectivity index (χ0v) is 10.5. The van der Waals surface area contributed by atoms with Crippen LogP contribution in [-0.2, 0) is 0 Å². The maximum atomic E-state index is 3.50. The van der Waals surface area contributed by atoms with Crippen molar-refractivity contribution < 1.29 is 0 Å². The van der Waals surface area contributed by atoms with Gasteiger partial charge in [0.1, 0.15) is 0 Å². The monoisotopic (exact) mass is 209 g/mol. The maximum Gasteiger partial charge on any atom is -0.00436 e. The third-order valence-electron chi connectivity index (χ3n) is 5.20. The topological polar surface area (TPSA) is 12.0 Å². The summed E-state index contributed by atoms with van der Waals surface area (Å²) in [7, 11) is 0. The molecule has 0 bridgehead atoms. The fourth-order valence-electron chi connectivity index (χ4n) is 3.61. The van der Waals surface area contributed by atoms with Gasteiger partial charge in [-0.3, -0.25) is 0 Å². The van der Waals surface area contributed by atoms with Crippen molar-refractivity contribution in [3.63, 3.8) is 0 Å². The summed E-state index contributed by atoms with van der Waals surface area (Å²) in [5.74, 6) is 2.00. The molecule has 15 heavy (non-hydrogen) atoms. The van der Waals surface area contributed by atoms with Crippen LogP contribution in [0.5, 0.6) is 0 Å². The average molecular weight is 209 g/mol. The number of hydrogen-bond acceptors (Lipinski definition) is 1. The summed E-state index contributed by atoms with van der Waals surface area (Å²) in [5.41, 5.74) is 0.759. The Kier molecular flexibility index (Phi) is 3.71. The van der Waals surface area contributed by atoms with E-state index < -0.39 is 0 Å². The molecule has 1 unspecified atom stereocenters. The van der Waals surface area contributed by atoms with Crippen LogP contribution in [0.4, 0.5) is 0 Å². The second-order valence-electron chi connectivity index (χ2n) is 5.97. The Morgan fingerprint density at radius 2 is 1.73 bits per heavy atom. The molecule has 1 aliphatic heterocycles. The molecule has 1 aliphatic carbocycles. The van der Waals surface area contributed by atoms with Crippen molar-refractivity contribution in [2.24, 2.45) is 17.3 Å². The molecule has 0 radical (unpaired) electrons. The van der Waals surface area contributed by atoms with Gasteiger partial charge < -0.3 is 5.32 Å². The minimum absolute atomic E-state index is 0.759. The van der Waals surface area contributed by atoms with Crippen LogP contribution in [0.2, 0.25) is 0 Å². The van der Waals surface area contributed by atoms with Crippen LogP contribution >= 0.6 is 0 Å². The molecule has 1 saturated heterocycles. The van der Waals surface area contributed by atoms with Gasteiger partial charge in [-0.15, -0.1) is 0 Å². The lowest BCUT2D eigenvalue weighted by Crippen LogP contribution is -2.39. The quantitative estimate of drug-likeness (QED) is 0.733. The number of piperidine rings is 1. The summed E-state index contributed by atoms with van der Waals surface area (Å²) in [6.45, 7) is 7.34. The Morgan fingerprint density at radius 1 is 1.13 bits per heavy atom. The van der Waals surface area contributed by atoms with Crippen molar-refractivity contribution in [2.45, 2.75) is 58.8 Å². The molecule has 2 aliphatic rings. The third-order valence-corrected chi connectivity index (χ3v) is 5.20. The van der Waals surface area contributed by atoms with Gasteiger partial charge >= 0.3 is 0 Å². The summed E-state index contributed by atoms with van der Waals surface area (Å²) < 4.78 is 0. The number of nitrogens with one attached hydrogen (secondary N) is 1. The minimum atomic E-state index is 0.759. The zero-order chi connectivity index (χ0) is 10.7. The van der Waals surface area contributed by atoms with Gasteiger partial charge in [-0.25, -0.2) is 0 Å². The SMILES string of the molecule is CCC(C)C1CCC2(CCNCC2)CC1. The molecule has 1 N–H and O–H groups in total. The van der Waals surface area contributed by atoms with E-state index in [0.29, 0.717) is 0 Å². The van der Waals surface area contributed by atoms with E-state index in [4.69, 9.17) is 0 Å². The summed E-state index contributed by atoms with van der Waals surface area (Å²) in [6.07, 6.45) is 10.3. The van der Waals surface area contributed by atoms with Crippen molar-refractivity contribution in [2.75, 3.05) is 13.1 Å². The van der Waals surface area contributed by atoms with E-state index in [1.165, 1.54) is 58.0 Å². The van der Waals surface area contributed by atoms with Crippen molar-refractivity contribution in [3.8, 4) is 0 Å². The normalized spacial score (nSPS) is 29.2. The van der Waals surface area contributed by atoms with Crippen molar-refractivity contribution >= 4 is 0 Å². The molecule has 0 aromatic heterocycles. The molecular weight excluding hydrogens is 182 g/mol. The van der Waals surface area contributed by atoms with Gasteiger partial charge in [0.05, 0.1) is 0 Å². The van der Waals surface area contributed by atoms with Crippen LogP contribution in [0.1, 0.15) is 58.8 Å². The Morgan fingerprint density at radius 3 is 2.27 bits per heavy atom. The van der Waals surface area contributed by atoms with Crippen LogP contribution in [-0.4, -0.2) is 13.1 Å². The fourth-order valence-corrected chi connectivity index (χ4v) is 3.61. The fraction of sp³-hybridized carbons (Fsp3) is 1.00. The molecule has 1 heterocycles. The van der Waals surface area contributed by atoms with E-state index in [9.17, 15) is 0 Å². The number of rotatable bonds is 2. The van der Waals surface area contributed by atoms with E-state index in [0.717, 1.165) is 17.3 Å². The van der Waals surface area contributed by atoms with Crippen molar-refractivity contribution in [1.82, 2.24) is 5.32 Å². The molecule has 2 fully saturated rings. The van der Waals surface area contributed by atoms with Gasteiger partial charge in [-0.2, -0.15) is 0 Å². The van der Waals surface area contributed by atoms with Crippen molar-refractivity contribution in [1.29, 1.82) is 0 Å². The molecule has 0 aromatic rings. The molecular formula is C14H27N. The lowest BCUT2D eigenvalue weighted by Gasteiger charge is -2.44. The van der Waals surface area contributed by atoms with E-state index in [1.807, 2.05) is 0 Å². The van der Waals surface area contributed by atoms with Crippen LogP contribution in [0.15, 0.2) is 0 Å². The Balaban J connectivity index is 1.85. The highest BCUT2D eigenvalue weighted by Gasteiger charge is 2.36. The Bertz CT molecular complexity index is 184.